The summed E-state index contributed by atoms with van der Waals surface area (Å²) < 4.78 is 0. The van der Waals surface area contributed by atoms with Gasteiger partial charge in [-0.25, -0.2) is 0 Å². The van der Waals surface area contributed by atoms with E-state index in [4.69, 9.17) is 56.6 Å². The molecule has 114 valence electrons. The molecule has 0 aliphatic carbocycles. The van der Waals surface area contributed by atoms with Gasteiger partial charge in [-0.1, -0.05) is 46.4 Å². The number of aromatic hydroxyl groups is 2. The molecule has 2 aromatic rings. The van der Waals surface area contributed by atoms with Crippen LogP contribution in [-0.4, -0.2) is 10.2 Å². The molecule has 0 aliphatic rings. The van der Waals surface area contributed by atoms with Crippen LogP contribution in [-0.2, 0) is 26.2 Å². The van der Waals surface area contributed by atoms with Gasteiger partial charge in [0.25, 0.3) is 0 Å². The number of halogens is 6. The number of benzene rings is 2. The predicted molar refractivity (Wildman–Crippen MR) is 76.3 cm³/mol. The minimum absolute atomic E-state index is 0. The van der Waals surface area contributed by atoms with Gasteiger partial charge in [0.05, 0.1) is 10.0 Å². The van der Waals surface area contributed by atoms with Crippen LogP contribution in [0.25, 0.3) is 0 Å². The third-order valence-electron chi connectivity index (χ3n) is 1.82. The van der Waals surface area contributed by atoms with Crippen molar-refractivity contribution < 1.29 is 61.2 Å². The third-order valence-corrected chi connectivity index (χ3v) is 2.90. The minimum atomic E-state index is 0. The first-order chi connectivity index (χ1) is 8.40. The fourth-order valence-corrected chi connectivity index (χ4v) is 1.78. The van der Waals surface area contributed by atoms with Crippen molar-refractivity contribution in [1.29, 1.82) is 0 Å². The molecule has 2 aromatic carbocycles. The maximum absolute atomic E-state index is 8.85. The SMILES string of the molecule is Oc1ccc(Cl)cc1Cl.Oc1ccc(Cl)cc1Cl.[Cl-].[Cl-].[Zr+2]. The van der Waals surface area contributed by atoms with Gasteiger partial charge in [0, 0.05) is 10.0 Å². The standard InChI is InChI=1S/2C6H4Cl2O.2ClH.Zr/c2*7-4-1-2-6(9)5(8)3-4;;;/h2*1-3,9H;2*1H;/q;;;;+2/p-2. The summed E-state index contributed by atoms with van der Waals surface area (Å²) in [5.41, 5.74) is 0. The summed E-state index contributed by atoms with van der Waals surface area (Å²) in [6, 6.07) is 9.01. The minimum Gasteiger partial charge on any atom is -1.00 e. The van der Waals surface area contributed by atoms with E-state index < -0.39 is 0 Å². The van der Waals surface area contributed by atoms with Gasteiger partial charge in [0.1, 0.15) is 11.5 Å². The zero-order chi connectivity index (χ0) is 13.7. The van der Waals surface area contributed by atoms with E-state index in [1.54, 1.807) is 12.1 Å². The maximum atomic E-state index is 8.85. The zero-order valence-electron chi connectivity index (χ0n) is 10.1. The Morgan fingerprint density at radius 1 is 0.619 bits per heavy atom. The van der Waals surface area contributed by atoms with Gasteiger partial charge in [0.15, 0.2) is 0 Å². The van der Waals surface area contributed by atoms with Crippen LogP contribution in [0, 0.1) is 0 Å². The van der Waals surface area contributed by atoms with Crippen LogP contribution < -0.4 is 24.8 Å². The predicted octanol–water partition coefficient (Wildman–Crippen LogP) is -0.596. The second-order valence-electron chi connectivity index (χ2n) is 3.19. The second-order valence-corrected chi connectivity index (χ2v) is 4.88. The maximum Gasteiger partial charge on any atom is 2.00 e. The van der Waals surface area contributed by atoms with Gasteiger partial charge in [-0.05, 0) is 36.4 Å². The molecule has 2 N–H and O–H groups in total. The van der Waals surface area contributed by atoms with Crippen molar-refractivity contribution in [3.05, 3.63) is 56.5 Å². The van der Waals surface area contributed by atoms with Crippen LogP contribution in [0.3, 0.4) is 0 Å². The van der Waals surface area contributed by atoms with Crippen molar-refractivity contribution in [2.75, 3.05) is 0 Å². The fourth-order valence-electron chi connectivity index (χ4n) is 0.963. The van der Waals surface area contributed by atoms with Gasteiger partial charge in [-0.3, -0.25) is 0 Å². The van der Waals surface area contributed by atoms with Crippen molar-refractivity contribution in [3.63, 3.8) is 0 Å². The Morgan fingerprint density at radius 3 is 1.10 bits per heavy atom. The summed E-state index contributed by atoms with van der Waals surface area (Å²) in [6.45, 7) is 0. The van der Waals surface area contributed by atoms with Crippen LogP contribution in [0.15, 0.2) is 36.4 Å². The molecule has 0 unspecified atom stereocenters. The molecule has 0 bridgehead atoms. The summed E-state index contributed by atoms with van der Waals surface area (Å²) in [6.07, 6.45) is 0. The van der Waals surface area contributed by atoms with E-state index in [-0.39, 0.29) is 72.6 Å². The van der Waals surface area contributed by atoms with E-state index in [1.165, 1.54) is 24.3 Å². The molecule has 0 amide bonds. The van der Waals surface area contributed by atoms with Crippen LogP contribution >= 0.6 is 46.4 Å². The normalized spacial score (nSPS) is 8.19. The molecule has 0 saturated carbocycles. The van der Waals surface area contributed by atoms with E-state index in [9.17, 15) is 0 Å². The summed E-state index contributed by atoms with van der Waals surface area (Å²) in [5, 5.41) is 19.3. The molecule has 2 rings (SSSR count). The Bertz CT molecular complexity index is 504. The number of hydrogen-bond donors (Lipinski definition) is 2. The molecule has 0 aliphatic heterocycles. The summed E-state index contributed by atoms with van der Waals surface area (Å²) in [4.78, 5) is 0. The summed E-state index contributed by atoms with van der Waals surface area (Å²) in [7, 11) is 0. The number of rotatable bonds is 0. The van der Waals surface area contributed by atoms with Crippen LogP contribution in [0.5, 0.6) is 11.5 Å². The van der Waals surface area contributed by atoms with Crippen molar-refractivity contribution in [2.24, 2.45) is 0 Å². The smallest absolute Gasteiger partial charge is 1.00 e. The van der Waals surface area contributed by atoms with Crippen molar-refractivity contribution in [1.82, 2.24) is 0 Å². The molecule has 9 heteroatoms. The largest absolute Gasteiger partial charge is 2.00 e. The molecule has 21 heavy (non-hydrogen) atoms. The van der Waals surface area contributed by atoms with Gasteiger partial charge >= 0.3 is 26.2 Å². The Balaban J connectivity index is -0.000000270. The first-order valence-corrected chi connectivity index (χ1v) is 6.19. The van der Waals surface area contributed by atoms with E-state index >= 15 is 0 Å². The van der Waals surface area contributed by atoms with Gasteiger partial charge < -0.3 is 35.0 Å². The fraction of sp³-hybridized carbons (Fsp3) is 0. The molecule has 0 spiro atoms. The Kier molecular flexibility index (Phi) is 16.6. The Hall–Kier alpha value is 0.663. The van der Waals surface area contributed by atoms with Gasteiger partial charge in [-0.2, -0.15) is 0 Å². The number of phenolic OH excluding ortho intramolecular Hbond substituents is 2. The van der Waals surface area contributed by atoms with Crippen LogP contribution in [0.2, 0.25) is 20.1 Å². The Labute approximate surface area is 174 Å². The zero-order valence-corrected chi connectivity index (χ0v) is 17.1. The van der Waals surface area contributed by atoms with E-state index in [2.05, 4.69) is 0 Å². The molecular weight excluding hydrogens is 480 g/mol. The first-order valence-electron chi connectivity index (χ1n) is 4.68. The third kappa shape index (κ3) is 10.1. The van der Waals surface area contributed by atoms with Crippen molar-refractivity contribution >= 4 is 46.4 Å². The van der Waals surface area contributed by atoms with Crippen LogP contribution in [0.4, 0.5) is 0 Å². The topological polar surface area (TPSA) is 40.5 Å². The van der Waals surface area contributed by atoms with Gasteiger partial charge in [0.2, 0.25) is 0 Å². The molecule has 0 saturated heterocycles. The van der Waals surface area contributed by atoms with E-state index in [1.807, 2.05) is 0 Å². The van der Waals surface area contributed by atoms with Crippen molar-refractivity contribution in [2.45, 2.75) is 0 Å². The van der Waals surface area contributed by atoms with Gasteiger partial charge in [-0.15, -0.1) is 0 Å². The molecular formula is C12H8Cl6O2Zr. The molecule has 2 nitrogen and oxygen atoms in total. The second kappa shape index (κ2) is 13.1. The number of phenols is 2. The van der Waals surface area contributed by atoms with Crippen molar-refractivity contribution in [3.8, 4) is 11.5 Å². The molecule has 0 fully saturated rings. The molecule has 0 atom stereocenters. The summed E-state index contributed by atoms with van der Waals surface area (Å²) in [5.74, 6) is 0.113. The van der Waals surface area contributed by atoms with Crippen LogP contribution in [0.1, 0.15) is 0 Å². The number of hydrogen-bond acceptors (Lipinski definition) is 2. The average molecular weight is 488 g/mol. The monoisotopic (exact) mass is 484 g/mol. The quantitative estimate of drug-likeness (QED) is 0.521. The first kappa shape index (κ1) is 26.6. The van der Waals surface area contributed by atoms with E-state index in [0.717, 1.165) is 0 Å². The average Bonchev–Trinajstić information content (AvgIpc) is 2.30. The van der Waals surface area contributed by atoms with E-state index in [0.29, 0.717) is 10.0 Å². The molecule has 0 radical (unpaired) electrons. The molecule has 0 heterocycles. The molecule has 0 aromatic heterocycles. The Morgan fingerprint density at radius 2 is 0.905 bits per heavy atom. The summed E-state index contributed by atoms with van der Waals surface area (Å²) >= 11 is 22.0.